The van der Waals surface area contributed by atoms with Gasteiger partial charge in [-0.2, -0.15) is 0 Å². The summed E-state index contributed by atoms with van der Waals surface area (Å²) < 4.78 is 27.3. The largest absolute Gasteiger partial charge is 0.492 e. The standard InChI is InChI=1S/C53H64N4O10/c1-5-30-64-53-48(56(35-38-16-12-15-36-13-6-7-17-42(36)38)51(60)65-40-21-19-39(20-22-40)57(61)62)34-46(54-67-52(2,3)4)44-32-37(14-8-10-28-58)43(18-9-11-29-59)49(50(44)53)45-33-41(23-24-47(45)66-53)63-31-27-55-25-26-55/h5-7,12-13,15-17,19-24,32-33,37,43,48-50,58-59H,1,8-11,14,18,25-31,34-35H2,2-4H3/t37-,43+,48-,49+,50+,53+/m0/s1. The molecule has 14 heteroatoms. The molecule has 2 aliphatic heterocycles. The number of amides is 1. The lowest BCUT2D eigenvalue weighted by atomic mass is 9.55. The fraction of sp³-hybridized carbons (Fsp3) is 0.472. The summed E-state index contributed by atoms with van der Waals surface area (Å²) in [5, 5.41) is 38.6. The van der Waals surface area contributed by atoms with Gasteiger partial charge in [0.25, 0.3) is 5.69 Å². The van der Waals surface area contributed by atoms with Gasteiger partial charge in [0, 0.05) is 62.9 Å². The van der Waals surface area contributed by atoms with E-state index in [1.54, 1.807) is 11.0 Å². The fourth-order valence-corrected chi connectivity index (χ4v) is 10.2. The molecular formula is C53H64N4O10. The van der Waals surface area contributed by atoms with E-state index < -0.39 is 34.4 Å². The lowest BCUT2D eigenvalue weighted by Crippen LogP contribution is -2.70. The van der Waals surface area contributed by atoms with Gasteiger partial charge in [0.05, 0.1) is 29.7 Å². The van der Waals surface area contributed by atoms with Crippen LogP contribution in [-0.2, 0) is 16.1 Å². The van der Waals surface area contributed by atoms with Crippen molar-refractivity contribution in [2.75, 3.05) is 46.1 Å². The highest BCUT2D eigenvalue weighted by molar-refractivity contribution is 6.03. The summed E-state index contributed by atoms with van der Waals surface area (Å²) in [4.78, 5) is 36.7. The Morgan fingerprint density at radius 2 is 1.72 bits per heavy atom. The van der Waals surface area contributed by atoms with Crippen molar-refractivity contribution >= 4 is 28.3 Å². The van der Waals surface area contributed by atoms with Gasteiger partial charge in [0.1, 0.15) is 35.5 Å². The Morgan fingerprint density at radius 1 is 0.985 bits per heavy atom. The van der Waals surface area contributed by atoms with Crippen molar-refractivity contribution in [2.45, 2.75) is 95.6 Å². The number of ether oxygens (including phenoxy) is 4. The maximum atomic E-state index is 15.3. The Bertz CT molecular complexity index is 2440. The molecule has 0 radical (unpaired) electrons. The highest BCUT2D eigenvalue weighted by Gasteiger charge is 2.66. The second-order valence-corrected chi connectivity index (χ2v) is 19.1. The Morgan fingerprint density at radius 3 is 2.43 bits per heavy atom. The predicted octanol–water partition coefficient (Wildman–Crippen LogP) is 9.58. The molecule has 1 amide bonds. The molecule has 4 aromatic carbocycles. The minimum Gasteiger partial charge on any atom is -0.492 e. The van der Waals surface area contributed by atoms with Gasteiger partial charge in [-0.1, -0.05) is 72.6 Å². The molecule has 4 aromatic rings. The summed E-state index contributed by atoms with van der Waals surface area (Å²) in [6, 6.07) is 24.5. The van der Waals surface area contributed by atoms with Gasteiger partial charge in [0.2, 0.25) is 5.79 Å². The lowest BCUT2D eigenvalue weighted by molar-refractivity contribution is -0.384. The first kappa shape index (κ1) is 47.7. The Balaban J connectivity index is 1.34. The first-order valence-corrected chi connectivity index (χ1v) is 23.7. The number of fused-ring (bicyclic) bond motifs is 3. The Labute approximate surface area is 392 Å². The highest BCUT2D eigenvalue weighted by Crippen LogP contribution is 2.62. The number of benzene rings is 4. The quantitative estimate of drug-likeness (QED) is 0.0269. The van der Waals surface area contributed by atoms with Crippen molar-refractivity contribution in [3.05, 3.63) is 130 Å². The van der Waals surface area contributed by atoms with Gasteiger partial charge in [-0.05, 0) is 111 Å². The van der Waals surface area contributed by atoms with E-state index in [9.17, 15) is 20.3 Å². The monoisotopic (exact) mass is 916 g/mol. The van der Waals surface area contributed by atoms with Crippen LogP contribution in [0.1, 0.15) is 82.8 Å². The molecule has 14 nitrogen and oxygen atoms in total. The summed E-state index contributed by atoms with van der Waals surface area (Å²) in [5.74, 6) is -0.824. The average Bonchev–Trinajstić information content (AvgIpc) is 4.15. The van der Waals surface area contributed by atoms with Gasteiger partial charge in [0.15, 0.2) is 0 Å². The van der Waals surface area contributed by atoms with E-state index in [-0.39, 0.29) is 62.0 Å². The van der Waals surface area contributed by atoms with Crippen LogP contribution in [0.2, 0.25) is 0 Å². The number of nitro groups is 1. The summed E-state index contributed by atoms with van der Waals surface area (Å²) in [5.41, 5.74) is 2.59. The zero-order valence-corrected chi connectivity index (χ0v) is 38.9. The number of carbonyl (C=O) groups is 1. The van der Waals surface area contributed by atoms with E-state index in [2.05, 4.69) is 23.6 Å². The zero-order valence-electron chi connectivity index (χ0n) is 38.9. The number of nitrogens with zero attached hydrogens (tertiary/aromatic N) is 4. The van der Waals surface area contributed by atoms with Crippen LogP contribution in [0, 0.1) is 27.9 Å². The third kappa shape index (κ3) is 10.8. The second-order valence-electron chi connectivity index (χ2n) is 19.1. The number of hydrogen-bond donors (Lipinski definition) is 2. The molecule has 356 valence electrons. The average molecular weight is 917 g/mol. The van der Waals surface area contributed by atoms with Crippen LogP contribution in [0.5, 0.6) is 17.2 Å². The minimum absolute atomic E-state index is 0.0169. The second kappa shape index (κ2) is 21.0. The van der Waals surface area contributed by atoms with Crippen LogP contribution in [-0.4, -0.2) is 100 Å². The first-order chi connectivity index (χ1) is 32.4. The number of hydrogen-bond acceptors (Lipinski definition) is 12. The molecule has 1 saturated carbocycles. The number of non-ortho nitro benzene ring substituents is 1. The van der Waals surface area contributed by atoms with Crippen molar-refractivity contribution in [3.63, 3.8) is 0 Å². The fourth-order valence-electron chi connectivity index (χ4n) is 10.2. The molecule has 2 N–H and O–H groups in total. The predicted molar refractivity (Wildman–Crippen MR) is 256 cm³/mol. The van der Waals surface area contributed by atoms with Crippen molar-refractivity contribution in [1.29, 1.82) is 0 Å². The molecule has 8 rings (SSSR count). The van der Waals surface area contributed by atoms with E-state index in [4.69, 9.17) is 28.9 Å². The molecule has 6 atom stereocenters. The van der Waals surface area contributed by atoms with Crippen LogP contribution in [0.15, 0.2) is 114 Å². The normalized spacial score (nSPS) is 23.6. The Kier molecular flexibility index (Phi) is 15.0. The van der Waals surface area contributed by atoms with E-state index in [0.717, 1.165) is 78.5 Å². The summed E-state index contributed by atoms with van der Waals surface area (Å²) in [6.45, 7) is 13.7. The van der Waals surface area contributed by atoms with Crippen LogP contribution in [0.25, 0.3) is 10.8 Å². The maximum absolute atomic E-state index is 15.3. The number of aliphatic hydroxyl groups is 2. The highest BCUT2D eigenvalue weighted by atomic mass is 16.7. The van der Waals surface area contributed by atoms with Gasteiger partial charge in [-0.3, -0.25) is 19.9 Å². The van der Waals surface area contributed by atoms with Crippen molar-refractivity contribution in [1.82, 2.24) is 9.80 Å². The van der Waals surface area contributed by atoms with Gasteiger partial charge in [-0.25, -0.2) is 4.79 Å². The number of rotatable bonds is 21. The van der Waals surface area contributed by atoms with Crippen LogP contribution >= 0.6 is 0 Å². The summed E-state index contributed by atoms with van der Waals surface area (Å²) in [7, 11) is 0. The minimum atomic E-state index is -1.55. The van der Waals surface area contributed by atoms with E-state index in [1.165, 1.54) is 24.3 Å². The Hall–Kier alpha value is -5.80. The lowest BCUT2D eigenvalue weighted by Gasteiger charge is -2.60. The van der Waals surface area contributed by atoms with Crippen molar-refractivity contribution in [2.24, 2.45) is 22.9 Å². The van der Waals surface area contributed by atoms with Crippen molar-refractivity contribution < 1.29 is 43.7 Å². The maximum Gasteiger partial charge on any atom is 0.416 e. The molecule has 2 fully saturated rings. The van der Waals surface area contributed by atoms with Crippen molar-refractivity contribution in [3.8, 4) is 17.2 Å². The van der Waals surface area contributed by atoms with E-state index in [0.29, 0.717) is 30.9 Å². The molecule has 0 aromatic heterocycles. The molecule has 0 bridgehead atoms. The number of oxime groups is 1. The third-order valence-corrected chi connectivity index (χ3v) is 13.4. The van der Waals surface area contributed by atoms with E-state index >= 15 is 4.79 Å². The van der Waals surface area contributed by atoms with Gasteiger partial charge >= 0.3 is 6.09 Å². The van der Waals surface area contributed by atoms with Crippen LogP contribution in [0.4, 0.5) is 10.5 Å². The zero-order chi connectivity index (χ0) is 47.1. The molecule has 67 heavy (non-hydrogen) atoms. The smallest absolute Gasteiger partial charge is 0.416 e. The van der Waals surface area contributed by atoms with Crippen LogP contribution in [0.3, 0.4) is 0 Å². The van der Waals surface area contributed by atoms with Crippen LogP contribution < -0.4 is 14.2 Å². The first-order valence-electron chi connectivity index (χ1n) is 23.7. The molecule has 2 heterocycles. The SMILES string of the molecule is C=CCO[C@@]12Oc3ccc(OCCN4CC4)cc3[C@H]3[C@H](CCCCO)[C@@H](CCCCO)C=C(C(=NOC(C)(C)C)C[C@@H]1N(Cc1cccc4ccccc14)C(=O)Oc1ccc([N+](=O)[O-])cc1)[C@H]32. The number of nitro benzene ring substituents is 1. The molecule has 0 spiro atoms. The molecule has 1 saturated heterocycles. The number of unbranched alkanes of at least 4 members (excludes halogenated alkanes) is 2. The molecule has 4 aliphatic rings. The van der Waals surface area contributed by atoms with Gasteiger partial charge in [-0.15, -0.1) is 6.58 Å². The molecule has 2 aliphatic carbocycles. The topological polar surface area (TPSA) is 165 Å². The molecule has 0 unspecified atom stereocenters. The van der Waals surface area contributed by atoms with Gasteiger partial charge < -0.3 is 34.0 Å². The number of carbonyl (C=O) groups excluding carboxylic acids is 1. The van der Waals surface area contributed by atoms with E-state index in [1.807, 2.05) is 75.4 Å². The number of allylic oxidation sites excluding steroid dienone is 1. The number of aliphatic hydroxyl groups excluding tert-OH is 2. The molecular weight excluding hydrogens is 853 g/mol. The summed E-state index contributed by atoms with van der Waals surface area (Å²) >= 11 is 0. The third-order valence-electron chi connectivity index (χ3n) is 13.4. The summed E-state index contributed by atoms with van der Waals surface area (Å²) in [6.07, 6.45) is 7.91.